The zero-order valence-corrected chi connectivity index (χ0v) is 11.9. The summed E-state index contributed by atoms with van der Waals surface area (Å²) in [5.74, 6) is 6.78. The minimum Gasteiger partial charge on any atom is -0.328 e. The number of para-hydroxylation sites is 2. The van der Waals surface area contributed by atoms with Crippen molar-refractivity contribution in [2.24, 2.45) is 5.84 Å². The molecular formula is C15H24N4. The van der Waals surface area contributed by atoms with Crippen LogP contribution in [0, 0.1) is 0 Å². The lowest BCUT2D eigenvalue weighted by molar-refractivity contribution is 0.467. The third kappa shape index (κ3) is 3.14. The molecule has 0 aliphatic rings. The second-order valence-electron chi connectivity index (χ2n) is 5.02. The number of hydrogen-bond acceptors (Lipinski definition) is 3. The van der Waals surface area contributed by atoms with Gasteiger partial charge in [0.15, 0.2) is 0 Å². The molecule has 4 heteroatoms. The summed E-state index contributed by atoms with van der Waals surface area (Å²) in [6.07, 6.45) is 4.20. The molecule has 1 aromatic carbocycles. The molecule has 2 aromatic rings. The van der Waals surface area contributed by atoms with E-state index in [1.165, 1.54) is 5.52 Å². The highest BCUT2D eigenvalue weighted by Gasteiger charge is 2.14. The Morgan fingerprint density at radius 3 is 2.74 bits per heavy atom. The van der Waals surface area contributed by atoms with Crippen molar-refractivity contribution in [3.05, 3.63) is 30.1 Å². The number of imidazole rings is 1. The smallest absolute Gasteiger partial charge is 0.111 e. The maximum absolute atomic E-state index is 5.64. The van der Waals surface area contributed by atoms with Crippen molar-refractivity contribution in [3.8, 4) is 0 Å². The number of hydrazine groups is 1. The highest BCUT2D eigenvalue weighted by molar-refractivity contribution is 5.75. The highest BCUT2D eigenvalue weighted by atomic mass is 15.2. The molecule has 1 atom stereocenters. The van der Waals surface area contributed by atoms with Gasteiger partial charge in [0.2, 0.25) is 0 Å². The molecule has 1 heterocycles. The quantitative estimate of drug-likeness (QED) is 0.594. The van der Waals surface area contributed by atoms with Gasteiger partial charge in [-0.2, -0.15) is 0 Å². The van der Waals surface area contributed by atoms with Gasteiger partial charge in [0.1, 0.15) is 5.82 Å². The molecule has 1 aromatic heterocycles. The van der Waals surface area contributed by atoms with Crippen molar-refractivity contribution in [1.29, 1.82) is 0 Å². The molecule has 2 rings (SSSR count). The van der Waals surface area contributed by atoms with E-state index in [0.717, 1.165) is 43.6 Å². The summed E-state index contributed by atoms with van der Waals surface area (Å²) < 4.78 is 2.33. The Balaban J connectivity index is 2.32. The highest BCUT2D eigenvalue weighted by Crippen LogP contribution is 2.18. The first-order valence-electron chi connectivity index (χ1n) is 7.20. The van der Waals surface area contributed by atoms with Gasteiger partial charge < -0.3 is 4.57 Å². The van der Waals surface area contributed by atoms with Gasteiger partial charge in [-0.15, -0.1) is 0 Å². The van der Waals surface area contributed by atoms with Crippen LogP contribution in [0.25, 0.3) is 11.0 Å². The van der Waals surface area contributed by atoms with Crippen LogP contribution in [0.3, 0.4) is 0 Å². The van der Waals surface area contributed by atoms with Gasteiger partial charge in [-0.3, -0.25) is 11.3 Å². The maximum Gasteiger partial charge on any atom is 0.111 e. The van der Waals surface area contributed by atoms with Gasteiger partial charge in [-0.1, -0.05) is 32.4 Å². The van der Waals surface area contributed by atoms with Crippen LogP contribution in [0.5, 0.6) is 0 Å². The largest absolute Gasteiger partial charge is 0.328 e. The van der Waals surface area contributed by atoms with Crippen molar-refractivity contribution in [1.82, 2.24) is 15.0 Å². The van der Waals surface area contributed by atoms with Crippen LogP contribution in [0.4, 0.5) is 0 Å². The van der Waals surface area contributed by atoms with Crippen LogP contribution >= 0.6 is 0 Å². The number of nitrogens with two attached hydrogens (primary N) is 1. The van der Waals surface area contributed by atoms with E-state index in [2.05, 4.69) is 42.0 Å². The average molecular weight is 260 g/mol. The number of aromatic nitrogens is 2. The number of nitrogens with one attached hydrogen (secondary N) is 1. The molecule has 0 radical (unpaired) electrons. The number of fused-ring (bicyclic) bond motifs is 1. The Bertz CT molecular complexity index is 518. The van der Waals surface area contributed by atoms with E-state index in [-0.39, 0.29) is 0 Å². The number of rotatable bonds is 7. The molecule has 0 saturated heterocycles. The van der Waals surface area contributed by atoms with Gasteiger partial charge in [0.25, 0.3) is 0 Å². The molecule has 0 amide bonds. The SMILES string of the molecule is CCCC(Cc1nc2ccccc2n1CCC)NN. The van der Waals surface area contributed by atoms with Gasteiger partial charge in [-0.05, 0) is 25.0 Å². The number of hydrogen-bond donors (Lipinski definition) is 2. The van der Waals surface area contributed by atoms with E-state index in [9.17, 15) is 0 Å². The van der Waals surface area contributed by atoms with Crippen LogP contribution in [0.2, 0.25) is 0 Å². The van der Waals surface area contributed by atoms with Crippen LogP contribution in [0.1, 0.15) is 38.9 Å². The number of benzene rings is 1. The van der Waals surface area contributed by atoms with Gasteiger partial charge in [0.05, 0.1) is 11.0 Å². The second-order valence-corrected chi connectivity index (χ2v) is 5.02. The fourth-order valence-corrected chi connectivity index (χ4v) is 2.57. The summed E-state index contributed by atoms with van der Waals surface area (Å²) >= 11 is 0. The minimum absolute atomic E-state index is 0.303. The van der Waals surface area contributed by atoms with E-state index in [4.69, 9.17) is 10.8 Å². The summed E-state index contributed by atoms with van der Waals surface area (Å²) in [4.78, 5) is 4.77. The summed E-state index contributed by atoms with van der Waals surface area (Å²) in [5, 5.41) is 0. The second kappa shape index (κ2) is 6.68. The molecule has 104 valence electrons. The van der Waals surface area contributed by atoms with E-state index in [1.54, 1.807) is 0 Å². The lowest BCUT2D eigenvalue weighted by atomic mass is 10.1. The predicted molar refractivity (Wildman–Crippen MR) is 79.7 cm³/mol. The lowest BCUT2D eigenvalue weighted by Crippen LogP contribution is -2.37. The maximum atomic E-state index is 5.64. The topological polar surface area (TPSA) is 55.9 Å². The van der Waals surface area contributed by atoms with Gasteiger partial charge in [-0.25, -0.2) is 4.98 Å². The number of aryl methyl sites for hydroxylation is 1. The molecule has 3 N–H and O–H groups in total. The third-order valence-corrected chi connectivity index (χ3v) is 3.48. The summed E-state index contributed by atoms with van der Waals surface area (Å²) in [5.41, 5.74) is 5.22. The molecular weight excluding hydrogens is 236 g/mol. The summed E-state index contributed by atoms with van der Waals surface area (Å²) in [7, 11) is 0. The van der Waals surface area contributed by atoms with Gasteiger partial charge in [0, 0.05) is 19.0 Å². The Hall–Kier alpha value is -1.39. The fraction of sp³-hybridized carbons (Fsp3) is 0.533. The molecule has 0 spiro atoms. The molecule has 1 unspecified atom stereocenters. The average Bonchev–Trinajstić information content (AvgIpc) is 2.77. The van der Waals surface area contributed by atoms with Crippen molar-refractivity contribution in [3.63, 3.8) is 0 Å². The predicted octanol–water partition coefficient (Wildman–Crippen LogP) is 2.62. The summed E-state index contributed by atoms with van der Waals surface area (Å²) in [6.45, 7) is 5.39. The minimum atomic E-state index is 0.303. The molecule has 19 heavy (non-hydrogen) atoms. The van der Waals surface area contributed by atoms with E-state index >= 15 is 0 Å². The van der Waals surface area contributed by atoms with E-state index in [1.807, 2.05) is 6.07 Å². The van der Waals surface area contributed by atoms with Crippen LogP contribution in [0.15, 0.2) is 24.3 Å². The van der Waals surface area contributed by atoms with E-state index < -0.39 is 0 Å². The van der Waals surface area contributed by atoms with Crippen molar-refractivity contribution < 1.29 is 0 Å². The van der Waals surface area contributed by atoms with E-state index in [0.29, 0.717) is 6.04 Å². The first kappa shape index (κ1) is 14.0. The normalized spacial score (nSPS) is 13.0. The monoisotopic (exact) mass is 260 g/mol. The standard InChI is InChI=1S/C15H24N4/c1-3-7-12(18-16)11-15-17-13-8-5-6-9-14(13)19(15)10-4-2/h5-6,8-9,12,18H,3-4,7,10-11,16H2,1-2H3. The number of nitrogens with zero attached hydrogens (tertiary/aromatic N) is 2. The zero-order valence-electron chi connectivity index (χ0n) is 11.9. The van der Waals surface area contributed by atoms with Crippen LogP contribution < -0.4 is 11.3 Å². The Morgan fingerprint density at radius 2 is 2.05 bits per heavy atom. The van der Waals surface area contributed by atoms with Crippen molar-refractivity contribution in [2.45, 2.75) is 52.1 Å². The van der Waals surface area contributed by atoms with Crippen LogP contribution in [-0.2, 0) is 13.0 Å². The lowest BCUT2D eigenvalue weighted by Gasteiger charge is -2.15. The molecule has 0 bridgehead atoms. The van der Waals surface area contributed by atoms with Crippen LogP contribution in [-0.4, -0.2) is 15.6 Å². The van der Waals surface area contributed by atoms with Gasteiger partial charge >= 0.3 is 0 Å². The Morgan fingerprint density at radius 1 is 1.26 bits per heavy atom. The Labute approximate surface area is 115 Å². The molecule has 0 fully saturated rings. The molecule has 0 aliphatic carbocycles. The fourth-order valence-electron chi connectivity index (χ4n) is 2.57. The third-order valence-electron chi connectivity index (χ3n) is 3.48. The first-order chi connectivity index (χ1) is 9.30. The summed E-state index contributed by atoms with van der Waals surface area (Å²) in [6, 6.07) is 8.64. The molecule has 4 nitrogen and oxygen atoms in total. The van der Waals surface area contributed by atoms with Crippen molar-refractivity contribution >= 4 is 11.0 Å². The first-order valence-corrected chi connectivity index (χ1v) is 7.20. The molecule has 0 saturated carbocycles. The Kier molecular flexibility index (Phi) is 4.93. The zero-order chi connectivity index (χ0) is 13.7. The van der Waals surface area contributed by atoms with Crippen molar-refractivity contribution in [2.75, 3.05) is 0 Å². The molecule has 0 aliphatic heterocycles.